The number of carboxylic acids is 2. The topological polar surface area (TPSA) is 107 Å². The van der Waals surface area contributed by atoms with Gasteiger partial charge < -0.3 is 15.2 Å². The van der Waals surface area contributed by atoms with E-state index in [0.717, 1.165) is 0 Å². The van der Waals surface area contributed by atoms with E-state index in [2.05, 4.69) is 4.98 Å². The second-order valence-electron chi connectivity index (χ2n) is 4.26. The quantitative estimate of drug-likeness (QED) is 0.737. The molecular weight excluding hydrogens is 316 g/mol. The lowest BCUT2D eigenvalue weighted by Crippen LogP contribution is -2.30. The Morgan fingerprint density at radius 3 is 1.95 bits per heavy atom. The minimum Gasteiger partial charge on any atom is -0.477 e. The van der Waals surface area contributed by atoms with Crippen LogP contribution in [0.5, 0.6) is 0 Å². The summed E-state index contributed by atoms with van der Waals surface area (Å²) in [6, 6.07) is 0. The van der Waals surface area contributed by atoms with Crippen molar-refractivity contribution in [3.63, 3.8) is 0 Å². The first-order valence-electron chi connectivity index (χ1n) is 5.32. The Kier molecular flexibility index (Phi) is 4.45. The van der Waals surface area contributed by atoms with E-state index in [1.165, 1.54) is 13.8 Å². The summed E-state index contributed by atoms with van der Waals surface area (Å²) in [7, 11) is 0. The number of aromatic amines is 1. The van der Waals surface area contributed by atoms with Crippen LogP contribution in [0.3, 0.4) is 0 Å². The van der Waals surface area contributed by atoms with Gasteiger partial charge in [0.25, 0.3) is 4.59 Å². The van der Waals surface area contributed by atoms with E-state index in [1.54, 1.807) is 0 Å². The first kappa shape index (κ1) is 16.5. The molecule has 20 heavy (non-hydrogen) atoms. The number of aromatic carboxylic acids is 2. The summed E-state index contributed by atoms with van der Waals surface area (Å²) in [5.74, 6) is -3.98. The molecule has 1 aromatic rings. The number of hydrogen-bond acceptors (Lipinski definition) is 3. The number of hydrogen-bond donors (Lipinski definition) is 3. The maximum Gasteiger partial charge on any atom is 0.341 e. The normalized spacial score (nSPS) is 11.7. The van der Waals surface area contributed by atoms with Crippen LogP contribution in [0.4, 0.5) is 4.39 Å². The summed E-state index contributed by atoms with van der Waals surface area (Å²) < 4.78 is 10.5. The van der Waals surface area contributed by atoms with Crippen molar-refractivity contribution < 1.29 is 24.2 Å². The minimum absolute atomic E-state index is 0.161. The van der Waals surface area contributed by atoms with E-state index >= 15 is 0 Å². The summed E-state index contributed by atoms with van der Waals surface area (Å²) in [6.45, 7) is 3.06. The van der Waals surface area contributed by atoms with E-state index in [4.69, 9.17) is 33.4 Å². The van der Waals surface area contributed by atoms with Crippen molar-refractivity contribution >= 4 is 35.1 Å². The van der Waals surface area contributed by atoms with Crippen LogP contribution >= 0.6 is 23.2 Å². The molecule has 0 spiro atoms. The number of H-pyrrole nitrogens is 1. The van der Waals surface area contributed by atoms with E-state index in [0.29, 0.717) is 0 Å². The summed E-state index contributed by atoms with van der Waals surface area (Å²) in [5, 5.41) is 18.0. The first-order chi connectivity index (χ1) is 8.98. The number of nitrogens with one attached hydrogen (secondary N) is 1. The van der Waals surface area contributed by atoms with Crippen LogP contribution in [0.25, 0.3) is 0 Å². The monoisotopic (exact) mass is 325 g/mol. The van der Waals surface area contributed by atoms with Crippen LogP contribution in [-0.4, -0.2) is 27.1 Å². The van der Waals surface area contributed by atoms with Gasteiger partial charge in [0.15, 0.2) is 0 Å². The Hall–Kier alpha value is -1.60. The average Bonchev–Trinajstić information content (AvgIpc) is 2.24. The maximum atomic E-state index is 13.6. The SMILES string of the molecule is CC(C)c1[nH]c(C(F)(Cl)Cl)c(C(=O)O)c(=O)c1C(=O)O. The van der Waals surface area contributed by atoms with Crippen LogP contribution in [0, 0.1) is 0 Å². The van der Waals surface area contributed by atoms with Gasteiger partial charge >= 0.3 is 11.9 Å². The van der Waals surface area contributed by atoms with Gasteiger partial charge in [-0.3, -0.25) is 4.79 Å². The van der Waals surface area contributed by atoms with Crippen molar-refractivity contribution in [3.8, 4) is 0 Å². The predicted octanol–water partition coefficient (Wildman–Crippen LogP) is 2.45. The third-order valence-electron chi connectivity index (χ3n) is 2.52. The highest BCUT2D eigenvalue weighted by Crippen LogP contribution is 2.36. The molecule has 0 amide bonds. The fraction of sp³-hybridized carbons (Fsp3) is 0.364. The van der Waals surface area contributed by atoms with Crippen molar-refractivity contribution in [1.82, 2.24) is 4.98 Å². The zero-order valence-electron chi connectivity index (χ0n) is 10.3. The molecule has 0 radical (unpaired) electrons. The van der Waals surface area contributed by atoms with Crippen molar-refractivity contribution in [3.05, 3.63) is 32.7 Å². The number of pyridine rings is 1. The van der Waals surface area contributed by atoms with Crippen LogP contribution in [0.15, 0.2) is 4.79 Å². The van der Waals surface area contributed by atoms with Gasteiger partial charge in [0, 0.05) is 5.69 Å². The molecule has 0 aliphatic carbocycles. The predicted molar refractivity (Wildman–Crippen MR) is 69.6 cm³/mol. The van der Waals surface area contributed by atoms with Gasteiger partial charge in [-0.1, -0.05) is 37.0 Å². The van der Waals surface area contributed by atoms with Crippen molar-refractivity contribution in [2.24, 2.45) is 0 Å². The summed E-state index contributed by atoms with van der Waals surface area (Å²) in [6.07, 6.45) is 0. The molecule has 110 valence electrons. The van der Waals surface area contributed by atoms with Crippen molar-refractivity contribution in [1.29, 1.82) is 0 Å². The van der Waals surface area contributed by atoms with E-state index in [9.17, 15) is 18.8 Å². The molecule has 1 rings (SSSR count). The van der Waals surface area contributed by atoms with Gasteiger partial charge in [-0.2, -0.15) is 0 Å². The van der Waals surface area contributed by atoms with Gasteiger partial charge in [0.05, 0.1) is 0 Å². The summed E-state index contributed by atoms with van der Waals surface area (Å²) in [5.41, 5.74) is -4.33. The molecule has 1 aromatic heterocycles. The molecule has 3 N–H and O–H groups in total. The van der Waals surface area contributed by atoms with Gasteiger partial charge in [-0.05, 0) is 5.92 Å². The standard InChI is InChI=1S/C11H10Cl2FNO5/c1-3(2)6-4(9(17)18)7(16)5(10(19)20)8(15-6)11(12,13)14/h3H,1-2H3,(H,15,16)(H,17,18)(H,19,20). The molecule has 1 heterocycles. The number of carboxylic acid groups (broad SMARTS) is 2. The molecule has 9 heteroatoms. The minimum atomic E-state index is -3.17. The lowest BCUT2D eigenvalue weighted by molar-refractivity contribution is 0.0690. The van der Waals surface area contributed by atoms with Gasteiger partial charge in [-0.25, -0.2) is 14.0 Å². The Balaban J connectivity index is 3.95. The second kappa shape index (κ2) is 5.41. The highest BCUT2D eigenvalue weighted by Gasteiger charge is 2.37. The summed E-state index contributed by atoms with van der Waals surface area (Å²) >= 11 is 10.4. The highest BCUT2D eigenvalue weighted by atomic mass is 35.5. The summed E-state index contributed by atoms with van der Waals surface area (Å²) in [4.78, 5) is 36.4. The fourth-order valence-corrected chi connectivity index (χ4v) is 1.97. The number of rotatable bonds is 4. The largest absolute Gasteiger partial charge is 0.477 e. The van der Waals surface area contributed by atoms with Crippen LogP contribution in [0.1, 0.15) is 51.9 Å². The molecule has 0 unspecified atom stereocenters. The Labute approximate surface area is 122 Å². The number of halogens is 3. The molecule has 0 saturated heterocycles. The molecule has 0 atom stereocenters. The van der Waals surface area contributed by atoms with E-state index < -0.39 is 44.7 Å². The number of alkyl halides is 3. The van der Waals surface area contributed by atoms with Gasteiger partial charge in [0.2, 0.25) is 5.43 Å². The zero-order valence-corrected chi connectivity index (χ0v) is 11.8. The fourth-order valence-electron chi connectivity index (χ4n) is 1.68. The molecule has 0 aromatic carbocycles. The van der Waals surface area contributed by atoms with E-state index in [-0.39, 0.29) is 5.69 Å². The lowest BCUT2D eigenvalue weighted by Gasteiger charge is -2.18. The van der Waals surface area contributed by atoms with Crippen LogP contribution < -0.4 is 5.43 Å². The van der Waals surface area contributed by atoms with Crippen LogP contribution in [0.2, 0.25) is 0 Å². The molecule has 0 aliphatic rings. The molecule has 0 saturated carbocycles. The molecule has 0 aliphatic heterocycles. The Morgan fingerprint density at radius 2 is 1.65 bits per heavy atom. The van der Waals surface area contributed by atoms with Crippen molar-refractivity contribution in [2.45, 2.75) is 24.4 Å². The molecular formula is C11H10Cl2FNO5. The zero-order chi connectivity index (χ0) is 15.8. The van der Waals surface area contributed by atoms with Crippen molar-refractivity contribution in [2.75, 3.05) is 0 Å². The molecule has 6 nitrogen and oxygen atoms in total. The third-order valence-corrected chi connectivity index (χ3v) is 2.90. The Bertz CT molecular complexity index is 633. The smallest absolute Gasteiger partial charge is 0.341 e. The third kappa shape index (κ3) is 2.94. The lowest BCUT2D eigenvalue weighted by atomic mass is 9.99. The van der Waals surface area contributed by atoms with E-state index in [1.807, 2.05) is 0 Å². The van der Waals surface area contributed by atoms with Crippen LogP contribution in [-0.2, 0) is 4.59 Å². The van der Waals surface area contributed by atoms with Gasteiger partial charge in [0.1, 0.15) is 16.8 Å². The molecule has 0 bridgehead atoms. The number of aromatic nitrogens is 1. The first-order valence-corrected chi connectivity index (χ1v) is 6.08. The Morgan fingerprint density at radius 1 is 1.20 bits per heavy atom. The average molecular weight is 326 g/mol. The number of carbonyl (C=O) groups is 2. The molecule has 0 fully saturated rings. The highest BCUT2D eigenvalue weighted by molar-refractivity contribution is 6.46. The maximum absolute atomic E-state index is 13.6. The second-order valence-corrected chi connectivity index (χ2v) is 5.49. The van der Waals surface area contributed by atoms with Gasteiger partial charge in [-0.15, -0.1) is 0 Å².